The summed E-state index contributed by atoms with van der Waals surface area (Å²) in [5.74, 6) is 0.365. The monoisotopic (exact) mass is 342 g/mol. The van der Waals surface area contributed by atoms with Gasteiger partial charge < -0.3 is 10.6 Å². The van der Waals surface area contributed by atoms with Gasteiger partial charge >= 0.3 is 0 Å². The first-order chi connectivity index (χ1) is 12.2. The molecular formula is C22H34N2O. The molecule has 1 amide bonds. The van der Waals surface area contributed by atoms with Crippen LogP contribution in [0.1, 0.15) is 98.5 Å². The molecule has 2 fully saturated rings. The summed E-state index contributed by atoms with van der Waals surface area (Å²) in [5.41, 5.74) is 10.7. The number of piperidine rings is 1. The summed E-state index contributed by atoms with van der Waals surface area (Å²) in [4.78, 5) is 14.7. The number of unbranched alkanes of at least 4 members (excludes halogenated alkanes) is 2. The zero-order valence-corrected chi connectivity index (χ0v) is 15.9. The van der Waals surface area contributed by atoms with E-state index >= 15 is 0 Å². The molecule has 138 valence electrons. The summed E-state index contributed by atoms with van der Waals surface area (Å²) in [6, 6.07) is 4.20. The quantitative estimate of drug-likeness (QED) is 0.695. The molecule has 1 saturated carbocycles. The summed E-state index contributed by atoms with van der Waals surface area (Å²) in [7, 11) is 0. The van der Waals surface area contributed by atoms with Gasteiger partial charge in [-0.15, -0.1) is 0 Å². The zero-order valence-electron chi connectivity index (χ0n) is 15.9. The summed E-state index contributed by atoms with van der Waals surface area (Å²) < 4.78 is 0. The van der Waals surface area contributed by atoms with E-state index in [1.807, 2.05) is 6.07 Å². The summed E-state index contributed by atoms with van der Waals surface area (Å²) in [6.45, 7) is 4.55. The van der Waals surface area contributed by atoms with Crippen molar-refractivity contribution in [2.24, 2.45) is 5.73 Å². The average Bonchev–Trinajstić information content (AvgIpc) is 3.16. The highest BCUT2D eigenvalue weighted by atomic mass is 16.1. The summed E-state index contributed by atoms with van der Waals surface area (Å²) in [6.07, 6.45) is 13.7. The number of hydrogen-bond donors (Lipinski definition) is 1. The van der Waals surface area contributed by atoms with Gasteiger partial charge in [-0.1, -0.05) is 32.6 Å². The number of nitrogens with zero attached hydrogens (tertiary/aromatic N) is 1. The number of primary amides is 1. The summed E-state index contributed by atoms with van der Waals surface area (Å²) >= 11 is 0. The Morgan fingerprint density at radius 1 is 1.08 bits per heavy atom. The van der Waals surface area contributed by atoms with Gasteiger partial charge in [0, 0.05) is 24.3 Å². The Morgan fingerprint density at radius 3 is 2.44 bits per heavy atom. The van der Waals surface area contributed by atoms with Gasteiger partial charge in [0.25, 0.3) is 0 Å². The highest BCUT2D eigenvalue weighted by Gasteiger charge is 2.28. The van der Waals surface area contributed by atoms with Gasteiger partial charge in [-0.2, -0.15) is 0 Å². The van der Waals surface area contributed by atoms with Crippen molar-refractivity contribution < 1.29 is 4.79 Å². The highest BCUT2D eigenvalue weighted by molar-refractivity contribution is 5.95. The van der Waals surface area contributed by atoms with Crippen molar-refractivity contribution >= 4 is 11.6 Å². The maximum absolute atomic E-state index is 12.1. The molecule has 25 heavy (non-hydrogen) atoms. The van der Waals surface area contributed by atoms with Gasteiger partial charge in [0.2, 0.25) is 5.91 Å². The van der Waals surface area contributed by atoms with Crippen LogP contribution in [-0.2, 0) is 6.42 Å². The molecule has 1 saturated heterocycles. The topological polar surface area (TPSA) is 46.3 Å². The van der Waals surface area contributed by atoms with Crippen LogP contribution in [0.5, 0.6) is 0 Å². The van der Waals surface area contributed by atoms with Crippen LogP contribution in [0.3, 0.4) is 0 Å². The lowest BCUT2D eigenvalue weighted by Gasteiger charge is -2.33. The molecule has 3 heteroatoms. The van der Waals surface area contributed by atoms with Crippen LogP contribution in [-0.4, -0.2) is 19.0 Å². The van der Waals surface area contributed by atoms with Crippen molar-refractivity contribution in [2.75, 3.05) is 18.0 Å². The molecular weight excluding hydrogens is 308 g/mol. The van der Waals surface area contributed by atoms with Gasteiger partial charge in [0.15, 0.2) is 0 Å². The van der Waals surface area contributed by atoms with Crippen LogP contribution in [0.2, 0.25) is 0 Å². The fraction of sp³-hybridized carbons (Fsp3) is 0.682. The molecule has 1 heterocycles. The normalized spacial score (nSPS) is 18.7. The maximum Gasteiger partial charge on any atom is 0.248 e. The van der Waals surface area contributed by atoms with Crippen LogP contribution in [0.15, 0.2) is 12.1 Å². The van der Waals surface area contributed by atoms with Crippen LogP contribution in [0, 0.1) is 0 Å². The fourth-order valence-corrected chi connectivity index (χ4v) is 4.78. The Morgan fingerprint density at radius 2 is 1.80 bits per heavy atom. The molecule has 0 bridgehead atoms. The third kappa shape index (κ3) is 4.19. The lowest BCUT2D eigenvalue weighted by atomic mass is 9.85. The first kappa shape index (κ1) is 18.3. The Labute approximate surface area is 153 Å². The molecule has 0 unspecified atom stereocenters. The Hall–Kier alpha value is -1.51. The summed E-state index contributed by atoms with van der Waals surface area (Å²) in [5, 5.41) is 0. The Balaban J connectivity index is 2.03. The van der Waals surface area contributed by atoms with Crippen LogP contribution in [0.4, 0.5) is 5.69 Å². The number of anilines is 1. The lowest BCUT2D eigenvalue weighted by molar-refractivity contribution is 0.0999. The van der Waals surface area contributed by atoms with E-state index in [0.29, 0.717) is 5.92 Å². The second kappa shape index (κ2) is 8.73. The molecule has 1 aromatic carbocycles. The number of carbonyl (C=O) groups excluding carboxylic acids is 1. The molecule has 2 N–H and O–H groups in total. The van der Waals surface area contributed by atoms with Crippen molar-refractivity contribution in [1.82, 2.24) is 0 Å². The van der Waals surface area contributed by atoms with Crippen molar-refractivity contribution in [3.05, 3.63) is 28.8 Å². The van der Waals surface area contributed by atoms with E-state index in [1.54, 1.807) is 0 Å². The number of rotatable bonds is 7. The van der Waals surface area contributed by atoms with E-state index in [9.17, 15) is 4.79 Å². The van der Waals surface area contributed by atoms with E-state index < -0.39 is 0 Å². The fourth-order valence-electron chi connectivity index (χ4n) is 4.78. The number of nitrogens with two attached hydrogens (primary N) is 1. The molecule has 0 radical (unpaired) electrons. The molecule has 3 nitrogen and oxygen atoms in total. The van der Waals surface area contributed by atoms with Gasteiger partial charge in [0.05, 0.1) is 0 Å². The molecule has 0 spiro atoms. The average molecular weight is 343 g/mol. The highest BCUT2D eigenvalue weighted by Crippen LogP contribution is 2.43. The van der Waals surface area contributed by atoms with Gasteiger partial charge in [-0.05, 0) is 74.1 Å². The maximum atomic E-state index is 12.1. The van der Waals surface area contributed by atoms with E-state index in [0.717, 1.165) is 31.5 Å². The van der Waals surface area contributed by atoms with E-state index in [2.05, 4.69) is 17.9 Å². The van der Waals surface area contributed by atoms with Crippen molar-refractivity contribution in [3.63, 3.8) is 0 Å². The molecule has 1 aliphatic carbocycles. The predicted octanol–water partition coefficient (Wildman–Crippen LogP) is 5.17. The van der Waals surface area contributed by atoms with Crippen LogP contribution < -0.4 is 10.6 Å². The predicted molar refractivity (Wildman–Crippen MR) is 105 cm³/mol. The third-order valence-corrected chi connectivity index (χ3v) is 6.09. The molecule has 1 aliphatic heterocycles. The SMILES string of the molecule is CCCCCc1c(C(N)=O)ccc(N2CCCCC2)c1C1CCCC1. The van der Waals surface area contributed by atoms with E-state index in [-0.39, 0.29) is 5.91 Å². The Kier molecular flexibility index (Phi) is 6.39. The standard InChI is InChI=1S/C22H34N2O/c1-2-3-5-12-18-19(22(23)25)13-14-20(24-15-8-4-9-16-24)21(18)17-10-6-7-11-17/h13-14,17H,2-12,15-16H2,1H3,(H2,23,25). The minimum absolute atomic E-state index is 0.254. The largest absolute Gasteiger partial charge is 0.371 e. The van der Waals surface area contributed by atoms with Crippen molar-refractivity contribution in [2.45, 2.75) is 83.5 Å². The van der Waals surface area contributed by atoms with Gasteiger partial charge in [-0.3, -0.25) is 4.79 Å². The zero-order chi connectivity index (χ0) is 17.6. The molecule has 3 rings (SSSR count). The van der Waals surface area contributed by atoms with Gasteiger partial charge in [0.1, 0.15) is 0 Å². The second-order valence-corrected chi connectivity index (χ2v) is 7.87. The number of carbonyl (C=O) groups is 1. The first-order valence-electron chi connectivity index (χ1n) is 10.4. The number of amides is 1. The number of benzene rings is 1. The molecule has 1 aromatic rings. The lowest BCUT2D eigenvalue weighted by Crippen LogP contribution is -2.31. The van der Waals surface area contributed by atoms with Crippen LogP contribution in [0.25, 0.3) is 0 Å². The van der Waals surface area contributed by atoms with E-state index in [1.165, 1.54) is 74.6 Å². The second-order valence-electron chi connectivity index (χ2n) is 7.87. The first-order valence-corrected chi connectivity index (χ1v) is 10.4. The minimum Gasteiger partial charge on any atom is -0.371 e. The third-order valence-electron chi connectivity index (χ3n) is 6.09. The van der Waals surface area contributed by atoms with E-state index in [4.69, 9.17) is 5.73 Å². The molecule has 0 aromatic heterocycles. The molecule has 0 atom stereocenters. The smallest absolute Gasteiger partial charge is 0.248 e. The van der Waals surface area contributed by atoms with Crippen molar-refractivity contribution in [3.8, 4) is 0 Å². The number of hydrogen-bond acceptors (Lipinski definition) is 2. The van der Waals surface area contributed by atoms with Crippen molar-refractivity contribution in [1.29, 1.82) is 0 Å². The Bertz CT molecular complexity index is 584. The van der Waals surface area contributed by atoms with Gasteiger partial charge in [-0.25, -0.2) is 0 Å². The minimum atomic E-state index is -0.254. The molecule has 2 aliphatic rings. The van der Waals surface area contributed by atoms with Crippen LogP contribution >= 0.6 is 0 Å².